The summed E-state index contributed by atoms with van der Waals surface area (Å²) in [6.45, 7) is 3.24. The molecular weight excluding hydrogens is 248 g/mol. The predicted molar refractivity (Wildman–Crippen MR) is 83.3 cm³/mol. The zero-order chi connectivity index (χ0) is 14.4. The normalized spacial score (nSPS) is 34.7. The first-order valence-electron chi connectivity index (χ1n) is 8.65. The quantitative estimate of drug-likeness (QED) is 0.812. The maximum atomic E-state index is 12.0. The van der Waals surface area contributed by atoms with Crippen molar-refractivity contribution < 1.29 is 4.79 Å². The number of nitrogens with two attached hydrogens (primary N) is 1. The minimum atomic E-state index is 0.259. The predicted octanol–water partition coefficient (Wildman–Crippen LogP) is 3.23. The van der Waals surface area contributed by atoms with Gasteiger partial charge in [-0.2, -0.15) is 0 Å². The van der Waals surface area contributed by atoms with Gasteiger partial charge in [-0.3, -0.25) is 4.79 Å². The van der Waals surface area contributed by atoms with E-state index in [1.807, 2.05) is 0 Å². The van der Waals surface area contributed by atoms with Crippen molar-refractivity contribution >= 4 is 5.91 Å². The summed E-state index contributed by atoms with van der Waals surface area (Å²) in [5.74, 6) is 2.56. The highest BCUT2D eigenvalue weighted by atomic mass is 16.1. The number of rotatable bonds is 5. The van der Waals surface area contributed by atoms with Crippen LogP contribution in [-0.4, -0.2) is 18.5 Å². The summed E-state index contributed by atoms with van der Waals surface area (Å²) in [5.41, 5.74) is 5.90. The van der Waals surface area contributed by atoms with E-state index >= 15 is 0 Å². The van der Waals surface area contributed by atoms with Crippen LogP contribution in [0.15, 0.2) is 0 Å². The second-order valence-electron chi connectivity index (χ2n) is 7.26. The molecule has 1 amide bonds. The Morgan fingerprint density at radius 3 is 2.55 bits per heavy atom. The molecule has 2 saturated carbocycles. The monoisotopic (exact) mass is 280 g/mol. The lowest BCUT2D eigenvalue weighted by Crippen LogP contribution is -2.31. The lowest BCUT2D eigenvalue weighted by Gasteiger charge is -2.27. The molecule has 0 aromatic carbocycles. The number of hydrogen-bond donors (Lipinski definition) is 2. The third kappa shape index (κ3) is 5.43. The molecule has 3 nitrogen and oxygen atoms in total. The van der Waals surface area contributed by atoms with E-state index in [1.54, 1.807) is 0 Å². The van der Waals surface area contributed by atoms with Gasteiger partial charge in [0.15, 0.2) is 0 Å². The van der Waals surface area contributed by atoms with Crippen LogP contribution in [0.25, 0.3) is 0 Å². The molecular formula is C17H32N2O. The average molecular weight is 280 g/mol. The molecule has 2 rings (SSSR count). The lowest BCUT2D eigenvalue weighted by molar-refractivity contribution is -0.122. The molecule has 0 aromatic heterocycles. The Balaban J connectivity index is 1.56. The van der Waals surface area contributed by atoms with Crippen molar-refractivity contribution in [2.45, 2.75) is 77.2 Å². The summed E-state index contributed by atoms with van der Waals surface area (Å²) in [7, 11) is 0. The van der Waals surface area contributed by atoms with Gasteiger partial charge in [-0.1, -0.05) is 26.2 Å². The minimum Gasteiger partial charge on any atom is -0.356 e. The number of amides is 1. The van der Waals surface area contributed by atoms with E-state index in [0.29, 0.717) is 18.4 Å². The molecule has 0 bridgehead atoms. The van der Waals surface area contributed by atoms with Crippen LogP contribution in [0.3, 0.4) is 0 Å². The fourth-order valence-corrected chi connectivity index (χ4v) is 3.96. The molecule has 2 aliphatic carbocycles. The Hall–Kier alpha value is -0.570. The van der Waals surface area contributed by atoms with Crippen LogP contribution in [0.5, 0.6) is 0 Å². The van der Waals surface area contributed by atoms with Gasteiger partial charge in [0, 0.05) is 19.0 Å². The van der Waals surface area contributed by atoms with Gasteiger partial charge in [0.05, 0.1) is 0 Å². The third-order valence-corrected chi connectivity index (χ3v) is 5.29. The fraction of sp³-hybridized carbons (Fsp3) is 0.941. The van der Waals surface area contributed by atoms with Crippen molar-refractivity contribution in [1.29, 1.82) is 0 Å². The van der Waals surface area contributed by atoms with Crippen LogP contribution >= 0.6 is 0 Å². The van der Waals surface area contributed by atoms with Crippen molar-refractivity contribution in [2.75, 3.05) is 6.54 Å². The zero-order valence-electron chi connectivity index (χ0n) is 13.1. The van der Waals surface area contributed by atoms with Crippen LogP contribution < -0.4 is 11.1 Å². The van der Waals surface area contributed by atoms with Crippen molar-refractivity contribution in [3.05, 3.63) is 0 Å². The highest BCUT2D eigenvalue weighted by molar-refractivity contribution is 5.76. The molecule has 0 saturated heterocycles. The van der Waals surface area contributed by atoms with Crippen LogP contribution in [0.2, 0.25) is 0 Å². The largest absolute Gasteiger partial charge is 0.356 e. The first-order valence-corrected chi connectivity index (χ1v) is 8.65. The molecule has 0 aliphatic heterocycles. The number of hydrogen-bond acceptors (Lipinski definition) is 2. The van der Waals surface area contributed by atoms with Crippen molar-refractivity contribution in [3.63, 3.8) is 0 Å². The van der Waals surface area contributed by atoms with Gasteiger partial charge in [-0.05, 0) is 56.3 Å². The zero-order valence-corrected chi connectivity index (χ0v) is 13.1. The molecule has 2 aliphatic rings. The van der Waals surface area contributed by atoms with Gasteiger partial charge in [0.25, 0.3) is 0 Å². The topological polar surface area (TPSA) is 55.1 Å². The number of carbonyl (C=O) groups excluding carboxylic acids is 1. The first-order chi connectivity index (χ1) is 9.63. The van der Waals surface area contributed by atoms with Crippen molar-refractivity contribution in [2.24, 2.45) is 23.5 Å². The summed E-state index contributed by atoms with van der Waals surface area (Å²) >= 11 is 0. The van der Waals surface area contributed by atoms with Gasteiger partial charge >= 0.3 is 0 Å². The second kappa shape index (κ2) is 8.02. The molecule has 20 heavy (non-hydrogen) atoms. The first kappa shape index (κ1) is 15.8. The van der Waals surface area contributed by atoms with Gasteiger partial charge in [-0.15, -0.1) is 0 Å². The summed E-state index contributed by atoms with van der Waals surface area (Å²) in [4.78, 5) is 12.0. The van der Waals surface area contributed by atoms with E-state index in [1.165, 1.54) is 32.1 Å². The molecule has 116 valence electrons. The highest BCUT2D eigenvalue weighted by Crippen LogP contribution is 2.30. The molecule has 2 fully saturated rings. The third-order valence-electron chi connectivity index (χ3n) is 5.29. The van der Waals surface area contributed by atoms with E-state index in [9.17, 15) is 4.79 Å². The molecule has 2 unspecified atom stereocenters. The van der Waals surface area contributed by atoms with Crippen molar-refractivity contribution in [1.82, 2.24) is 5.32 Å². The van der Waals surface area contributed by atoms with E-state index < -0.39 is 0 Å². The summed E-state index contributed by atoms with van der Waals surface area (Å²) in [6, 6.07) is 0.377. The molecule has 3 heteroatoms. The van der Waals surface area contributed by atoms with E-state index in [4.69, 9.17) is 5.73 Å². The Bertz CT molecular complexity index is 297. The molecule has 0 heterocycles. The second-order valence-corrected chi connectivity index (χ2v) is 7.26. The van der Waals surface area contributed by atoms with E-state index in [0.717, 1.165) is 44.1 Å². The van der Waals surface area contributed by atoms with Crippen LogP contribution in [-0.2, 0) is 4.79 Å². The Morgan fingerprint density at radius 1 is 1.10 bits per heavy atom. The van der Waals surface area contributed by atoms with E-state index in [2.05, 4.69) is 12.2 Å². The molecule has 2 atom stereocenters. The molecule has 0 spiro atoms. The van der Waals surface area contributed by atoms with E-state index in [-0.39, 0.29) is 5.91 Å². The van der Waals surface area contributed by atoms with Crippen LogP contribution in [0.1, 0.15) is 71.1 Å². The molecule has 3 N–H and O–H groups in total. The van der Waals surface area contributed by atoms with Gasteiger partial charge in [0.1, 0.15) is 0 Å². The van der Waals surface area contributed by atoms with Crippen LogP contribution in [0, 0.1) is 17.8 Å². The summed E-state index contributed by atoms with van der Waals surface area (Å²) in [5, 5.41) is 3.13. The maximum Gasteiger partial charge on any atom is 0.220 e. The Morgan fingerprint density at radius 2 is 1.85 bits per heavy atom. The highest BCUT2D eigenvalue weighted by Gasteiger charge is 2.21. The Kier molecular flexibility index (Phi) is 6.34. The lowest BCUT2D eigenvalue weighted by atomic mass is 9.81. The van der Waals surface area contributed by atoms with Crippen LogP contribution in [0.4, 0.5) is 0 Å². The smallest absolute Gasteiger partial charge is 0.220 e. The number of nitrogens with one attached hydrogen (secondary N) is 1. The fourth-order valence-electron chi connectivity index (χ4n) is 3.96. The minimum absolute atomic E-state index is 0.259. The molecule has 0 radical (unpaired) electrons. The standard InChI is InChI=1S/C17H32N2O/c1-13-3-2-4-14(11-13)9-10-19-17(20)12-15-5-7-16(18)8-6-15/h13-16H,2-12,18H2,1H3,(H,19,20). The Labute approximate surface area is 124 Å². The average Bonchev–Trinajstić information content (AvgIpc) is 2.41. The van der Waals surface area contributed by atoms with Gasteiger partial charge < -0.3 is 11.1 Å². The maximum absolute atomic E-state index is 12.0. The van der Waals surface area contributed by atoms with Crippen molar-refractivity contribution in [3.8, 4) is 0 Å². The molecule has 0 aromatic rings. The van der Waals surface area contributed by atoms with Gasteiger partial charge in [-0.25, -0.2) is 0 Å². The SMILES string of the molecule is CC1CCCC(CCNC(=O)CC2CCC(N)CC2)C1. The summed E-state index contributed by atoms with van der Waals surface area (Å²) in [6.07, 6.45) is 11.8. The summed E-state index contributed by atoms with van der Waals surface area (Å²) < 4.78 is 0. The van der Waals surface area contributed by atoms with Gasteiger partial charge in [0.2, 0.25) is 5.91 Å². The number of carbonyl (C=O) groups is 1.